The lowest BCUT2D eigenvalue weighted by atomic mass is 9.71. The Hall–Kier alpha value is -3.15. The molecular weight excluding hydrogens is 410 g/mol. The number of fused-ring (bicyclic) bond motifs is 2. The summed E-state index contributed by atoms with van der Waals surface area (Å²) >= 11 is 0. The van der Waals surface area contributed by atoms with Crippen LogP contribution in [-0.4, -0.2) is 53.5 Å². The average molecular weight is 442 g/mol. The molecule has 6 rings (SSSR count). The van der Waals surface area contributed by atoms with E-state index in [1.807, 2.05) is 31.2 Å². The van der Waals surface area contributed by atoms with Gasteiger partial charge in [-0.2, -0.15) is 0 Å². The maximum Gasteiger partial charge on any atom is 0.228 e. The summed E-state index contributed by atoms with van der Waals surface area (Å²) in [4.78, 5) is 27.9. The van der Waals surface area contributed by atoms with Crippen molar-refractivity contribution in [2.75, 3.05) is 42.9 Å². The van der Waals surface area contributed by atoms with Gasteiger partial charge in [0, 0.05) is 44.3 Å². The first kappa shape index (κ1) is 20.5. The Morgan fingerprint density at radius 1 is 0.970 bits per heavy atom. The first-order chi connectivity index (χ1) is 16.1. The van der Waals surface area contributed by atoms with Crippen molar-refractivity contribution in [3.63, 3.8) is 0 Å². The fourth-order valence-electron chi connectivity index (χ4n) is 6.10. The summed E-state index contributed by atoms with van der Waals surface area (Å²) in [5, 5.41) is 3.51. The van der Waals surface area contributed by atoms with E-state index in [1.54, 1.807) is 0 Å². The van der Waals surface area contributed by atoms with E-state index in [2.05, 4.69) is 39.4 Å². The second-order valence-corrected chi connectivity index (χ2v) is 9.91. The molecule has 1 N–H and O–H groups in total. The fraction of sp³-hybridized carbons (Fsp3) is 0.444. The third kappa shape index (κ3) is 3.52. The molecule has 6 heteroatoms. The molecule has 0 bridgehead atoms. The number of para-hydroxylation sites is 3. The van der Waals surface area contributed by atoms with Gasteiger partial charge < -0.3 is 15.1 Å². The molecule has 1 amide bonds. The Labute approximate surface area is 195 Å². The Morgan fingerprint density at radius 3 is 2.52 bits per heavy atom. The van der Waals surface area contributed by atoms with E-state index in [-0.39, 0.29) is 5.41 Å². The van der Waals surface area contributed by atoms with E-state index in [9.17, 15) is 4.79 Å². The van der Waals surface area contributed by atoms with E-state index in [4.69, 9.17) is 9.97 Å². The minimum atomic E-state index is -0.210. The molecule has 1 atom stereocenters. The molecule has 4 heterocycles. The van der Waals surface area contributed by atoms with Crippen molar-refractivity contribution >= 4 is 28.4 Å². The van der Waals surface area contributed by atoms with Gasteiger partial charge >= 0.3 is 0 Å². The van der Waals surface area contributed by atoms with E-state index < -0.39 is 0 Å². The van der Waals surface area contributed by atoms with E-state index in [1.165, 1.54) is 11.3 Å². The molecule has 0 saturated carbocycles. The first-order valence-electron chi connectivity index (χ1n) is 12.2. The van der Waals surface area contributed by atoms with Crippen LogP contribution in [0.25, 0.3) is 11.0 Å². The van der Waals surface area contributed by atoms with Crippen LogP contribution >= 0.6 is 0 Å². The quantitative estimate of drug-likeness (QED) is 0.655. The van der Waals surface area contributed by atoms with Gasteiger partial charge in [0.25, 0.3) is 0 Å². The molecule has 2 fully saturated rings. The summed E-state index contributed by atoms with van der Waals surface area (Å²) in [6, 6.07) is 16.6. The normalized spacial score (nSPS) is 22.0. The summed E-state index contributed by atoms with van der Waals surface area (Å²) in [5.74, 6) is 1.73. The van der Waals surface area contributed by atoms with Crippen molar-refractivity contribution in [3.8, 4) is 0 Å². The lowest BCUT2D eigenvalue weighted by molar-refractivity contribution is -0.148. The molecule has 6 nitrogen and oxygen atoms in total. The fourth-order valence-corrected chi connectivity index (χ4v) is 6.10. The topological polar surface area (TPSA) is 61.4 Å². The molecule has 0 radical (unpaired) electrons. The van der Waals surface area contributed by atoms with Gasteiger partial charge in [0.05, 0.1) is 22.1 Å². The van der Waals surface area contributed by atoms with Crippen molar-refractivity contribution in [1.29, 1.82) is 0 Å². The van der Waals surface area contributed by atoms with Gasteiger partial charge in [0.1, 0.15) is 0 Å². The molecule has 1 unspecified atom stereocenters. The molecule has 3 aliphatic rings. The average Bonchev–Trinajstić information content (AvgIpc) is 3.25. The first-order valence-corrected chi connectivity index (χ1v) is 12.2. The van der Waals surface area contributed by atoms with Gasteiger partial charge in [-0.15, -0.1) is 0 Å². The highest BCUT2D eigenvalue weighted by molar-refractivity contribution is 5.84. The van der Waals surface area contributed by atoms with Crippen LogP contribution in [0.4, 0.5) is 11.5 Å². The number of likely N-dealkylation sites (tertiary alicyclic amines) is 1. The van der Waals surface area contributed by atoms with Crippen LogP contribution in [0, 0.1) is 12.3 Å². The third-order valence-electron chi connectivity index (χ3n) is 7.94. The number of piperidine rings is 2. The highest BCUT2D eigenvalue weighted by atomic mass is 16.2. The van der Waals surface area contributed by atoms with Gasteiger partial charge in [-0.1, -0.05) is 30.3 Å². The van der Waals surface area contributed by atoms with E-state index >= 15 is 0 Å². The zero-order chi connectivity index (χ0) is 22.4. The Bertz CT molecular complexity index is 1200. The Kier molecular flexibility index (Phi) is 4.97. The van der Waals surface area contributed by atoms with Crippen LogP contribution < -0.4 is 10.2 Å². The van der Waals surface area contributed by atoms with Gasteiger partial charge in [-0.05, 0) is 56.4 Å². The Morgan fingerprint density at radius 2 is 1.70 bits per heavy atom. The van der Waals surface area contributed by atoms with Crippen LogP contribution in [0.3, 0.4) is 0 Å². The lowest BCUT2D eigenvalue weighted by Crippen LogP contribution is -2.54. The SMILES string of the molecule is Cc1nc2ccccc2nc1N1CCC2(CCCN(CC3CNc4ccccc43)C2=O)CC1. The highest BCUT2D eigenvalue weighted by Crippen LogP contribution is 2.43. The maximum atomic E-state index is 13.7. The van der Waals surface area contributed by atoms with Crippen molar-refractivity contribution in [1.82, 2.24) is 14.9 Å². The summed E-state index contributed by atoms with van der Waals surface area (Å²) in [6.45, 7) is 6.40. The monoisotopic (exact) mass is 441 g/mol. The third-order valence-corrected chi connectivity index (χ3v) is 7.94. The molecule has 170 valence electrons. The molecule has 1 aromatic heterocycles. The molecule has 2 aromatic carbocycles. The number of nitrogens with one attached hydrogen (secondary N) is 1. The highest BCUT2D eigenvalue weighted by Gasteiger charge is 2.46. The maximum absolute atomic E-state index is 13.7. The summed E-state index contributed by atoms with van der Waals surface area (Å²) in [5.41, 5.74) is 5.20. The van der Waals surface area contributed by atoms with Gasteiger partial charge in [-0.3, -0.25) is 4.79 Å². The van der Waals surface area contributed by atoms with Crippen LogP contribution in [0.1, 0.15) is 42.9 Å². The van der Waals surface area contributed by atoms with Crippen LogP contribution in [0.5, 0.6) is 0 Å². The smallest absolute Gasteiger partial charge is 0.228 e. The molecule has 1 spiro atoms. The Balaban J connectivity index is 1.17. The number of anilines is 2. The van der Waals surface area contributed by atoms with Crippen LogP contribution in [0.2, 0.25) is 0 Å². The van der Waals surface area contributed by atoms with Crippen LogP contribution in [0.15, 0.2) is 48.5 Å². The van der Waals surface area contributed by atoms with Crippen LogP contribution in [-0.2, 0) is 4.79 Å². The number of hydrogen-bond acceptors (Lipinski definition) is 5. The van der Waals surface area contributed by atoms with Crippen molar-refractivity contribution in [3.05, 3.63) is 59.8 Å². The summed E-state index contributed by atoms with van der Waals surface area (Å²) in [6.07, 6.45) is 3.91. The number of carbonyl (C=O) groups is 1. The van der Waals surface area contributed by atoms with Gasteiger partial charge in [-0.25, -0.2) is 9.97 Å². The van der Waals surface area contributed by atoms with Gasteiger partial charge in [0.15, 0.2) is 5.82 Å². The number of rotatable bonds is 3. The van der Waals surface area contributed by atoms with E-state index in [0.717, 1.165) is 81.0 Å². The number of carbonyl (C=O) groups excluding carboxylic acids is 1. The molecule has 3 aliphatic heterocycles. The second-order valence-electron chi connectivity index (χ2n) is 9.91. The number of amides is 1. The number of nitrogens with zero attached hydrogens (tertiary/aromatic N) is 4. The largest absolute Gasteiger partial charge is 0.384 e. The number of aryl methyl sites for hydroxylation is 1. The second kappa shape index (κ2) is 8.01. The minimum Gasteiger partial charge on any atom is -0.384 e. The number of aromatic nitrogens is 2. The molecule has 2 saturated heterocycles. The zero-order valence-corrected chi connectivity index (χ0v) is 19.3. The van der Waals surface area contributed by atoms with Crippen molar-refractivity contribution < 1.29 is 4.79 Å². The zero-order valence-electron chi connectivity index (χ0n) is 19.3. The molecule has 3 aromatic rings. The lowest BCUT2D eigenvalue weighted by Gasteiger charge is -2.47. The molecule has 33 heavy (non-hydrogen) atoms. The van der Waals surface area contributed by atoms with Gasteiger partial charge in [0.2, 0.25) is 5.91 Å². The number of benzene rings is 2. The number of hydrogen-bond donors (Lipinski definition) is 1. The summed E-state index contributed by atoms with van der Waals surface area (Å²) in [7, 11) is 0. The van der Waals surface area contributed by atoms with E-state index in [0.29, 0.717) is 11.8 Å². The minimum absolute atomic E-state index is 0.210. The predicted octanol–water partition coefficient (Wildman–Crippen LogP) is 4.36. The summed E-state index contributed by atoms with van der Waals surface area (Å²) < 4.78 is 0. The standard InChI is InChI=1S/C27H31N5O/c1-19-25(30-24-10-5-4-9-23(24)29-19)31-15-12-27(13-16-31)11-6-14-32(26(27)33)18-20-17-28-22-8-3-2-7-21(20)22/h2-5,7-10,20,28H,6,11-18H2,1H3. The van der Waals surface area contributed by atoms with Crippen molar-refractivity contribution in [2.24, 2.45) is 5.41 Å². The predicted molar refractivity (Wildman–Crippen MR) is 132 cm³/mol. The molecule has 0 aliphatic carbocycles. The van der Waals surface area contributed by atoms with Crippen molar-refractivity contribution in [2.45, 2.75) is 38.5 Å². The molecular formula is C27H31N5O.